The molecule has 0 spiro atoms. The van der Waals surface area contributed by atoms with Crippen LogP contribution >= 0.6 is 23.2 Å². The number of hydrogen-bond donors (Lipinski definition) is 17. The number of primary amides is 1. The summed E-state index contributed by atoms with van der Waals surface area (Å²) < 4.78 is 0. The minimum absolute atomic E-state index is 0.108. The maximum Gasteiger partial charge on any atom is 0.330 e. The molecule has 7 amide bonds. The van der Waals surface area contributed by atoms with Crippen LogP contribution in [0.25, 0.3) is 0 Å². The van der Waals surface area contributed by atoms with E-state index >= 15 is 0 Å². The molecule has 5 aromatic carbocycles. The van der Waals surface area contributed by atoms with Crippen molar-refractivity contribution in [2.45, 2.75) is 81.2 Å². The molecular formula is C52H56Cl2N8O17. The van der Waals surface area contributed by atoms with Crippen molar-refractivity contribution < 1.29 is 84.3 Å². The highest BCUT2D eigenvalue weighted by molar-refractivity contribution is 6.32. The number of carboxylic acids is 1. The molecule has 0 aromatic heterocycles. The summed E-state index contributed by atoms with van der Waals surface area (Å²) >= 11 is 12.2. The molecule has 0 radical (unpaired) electrons. The summed E-state index contributed by atoms with van der Waals surface area (Å²) in [5.41, 5.74) is 10.6. The largest absolute Gasteiger partial charge is 0.508 e. The van der Waals surface area contributed by atoms with Gasteiger partial charge in [-0.3, -0.25) is 33.6 Å². The quantitative estimate of drug-likeness (QED) is 0.0415. The zero-order valence-corrected chi connectivity index (χ0v) is 43.2. The summed E-state index contributed by atoms with van der Waals surface area (Å²) in [6.07, 6.45) is -4.96. The molecular weight excluding hydrogens is 1080 g/mol. The van der Waals surface area contributed by atoms with Crippen molar-refractivity contribution in [1.29, 1.82) is 0 Å². The van der Waals surface area contributed by atoms with Gasteiger partial charge in [-0.2, -0.15) is 0 Å². The Kier molecular flexibility index (Phi) is 20.8. The van der Waals surface area contributed by atoms with Crippen molar-refractivity contribution in [3.8, 4) is 34.5 Å². The number of hydrogen-bond acceptors (Lipinski definition) is 17. The van der Waals surface area contributed by atoms with Gasteiger partial charge in [0.2, 0.25) is 41.4 Å². The molecule has 0 aliphatic carbocycles. The van der Waals surface area contributed by atoms with Crippen LogP contribution in [0.15, 0.2) is 103 Å². The molecule has 0 heterocycles. The van der Waals surface area contributed by atoms with Gasteiger partial charge in [-0.15, -0.1) is 0 Å². The van der Waals surface area contributed by atoms with Gasteiger partial charge in [0, 0.05) is 6.07 Å². The van der Waals surface area contributed by atoms with E-state index in [9.17, 15) is 84.3 Å². The van der Waals surface area contributed by atoms with Gasteiger partial charge < -0.3 is 89.3 Å². The van der Waals surface area contributed by atoms with Gasteiger partial charge in [0.05, 0.1) is 22.5 Å². The van der Waals surface area contributed by atoms with Gasteiger partial charge in [0.15, 0.2) is 6.04 Å². The summed E-state index contributed by atoms with van der Waals surface area (Å²) in [4.78, 5) is 111. The third-order valence-corrected chi connectivity index (χ3v) is 12.5. The van der Waals surface area contributed by atoms with Crippen LogP contribution in [0, 0.1) is 5.92 Å². The lowest BCUT2D eigenvalue weighted by atomic mass is 9.98. The topological polar surface area (TPSA) is 443 Å². The molecule has 0 aliphatic heterocycles. The molecule has 25 nitrogen and oxygen atoms in total. The Morgan fingerprint density at radius 2 is 0.861 bits per heavy atom. The Morgan fingerprint density at radius 3 is 1.28 bits per heavy atom. The van der Waals surface area contributed by atoms with Crippen LogP contribution < -0.4 is 43.4 Å². The van der Waals surface area contributed by atoms with Crippen LogP contribution in [0.4, 0.5) is 0 Å². The predicted molar refractivity (Wildman–Crippen MR) is 279 cm³/mol. The number of benzene rings is 5. The Bertz CT molecular complexity index is 3060. The van der Waals surface area contributed by atoms with Crippen molar-refractivity contribution in [3.05, 3.63) is 141 Å². The lowest BCUT2D eigenvalue weighted by molar-refractivity contribution is -0.143. The number of carbonyl (C=O) groups excluding carboxylic acids is 7. The third-order valence-electron chi connectivity index (χ3n) is 11.9. The van der Waals surface area contributed by atoms with Crippen LogP contribution in [0.5, 0.6) is 34.5 Å². The Morgan fingerprint density at radius 1 is 0.468 bits per heavy atom. The highest BCUT2D eigenvalue weighted by Crippen LogP contribution is 2.32. The van der Waals surface area contributed by atoms with Gasteiger partial charge in [-0.05, 0) is 101 Å². The van der Waals surface area contributed by atoms with E-state index in [1.54, 1.807) is 13.8 Å². The smallest absolute Gasteiger partial charge is 0.330 e. The van der Waals surface area contributed by atoms with Gasteiger partial charge in [0.1, 0.15) is 76.9 Å². The van der Waals surface area contributed by atoms with E-state index in [4.69, 9.17) is 34.7 Å². The molecule has 0 fully saturated rings. The molecule has 9 unspecified atom stereocenters. The molecule has 19 N–H and O–H groups in total. The average Bonchev–Trinajstić information content (AvgIpc) is 3.38. The number of aliphatic hydroxyl groups excluding tert-OH is 2. The number of nitrogens with one attached hydrogen (secondary N) is 6. The number of aliphatic carboxylic acids is 1. The van der Waals surface area contributed by atoms with E-state index in [0.717, 1.165) is 97.1 Å². The number of rotatable bonds is 24. The number of aromatic hydroxyl groups is 6. The van der Waals surface area contributed by atoms with Crippen molar-refractivity contribution in [2.24, 2.45) is 17.4 Å². The zero-order chi connectivity index (χ0) is 58.6. The first-order chi connectivity index (χ1) is 37.1. The molecule has 5 rings (SSSR count). The second-order valence-corrected chi connectivity index (χ2v) is 19.2. The first-order valence-corrected chi connectivity index (χ1v) is 24.4. The number of phenolic OH excluding ortho intramolecular Hbond substituents is 6. The van der Waals surface area contributed by atoms with E-state index in [-0.39, 0.29) is 61.7 Å². The van der Waals surface area contributed by atoms with Crippen LogP contribution in [0.1, 0.15) is 84.8 Å². The fraction of sp³-hybridized carbons (Fsp3) is 0.269. The molecule has 0 saturated heterocycles. The number of aliphatic hydroxyl groups is 2. The maximum absolute atomic E-state index is 14.7. The van der Waals surface area contributed by atoms with Crippen LogP contribution in [0.2, 0.25) is 10.0 Å². The summed E-state index contributed by atoms with van der Waals surface area (Å²) in [6, 6.07) is 4.74. The van der Waals surface area contributed by atoms with Crippen molar-refractivity contribution in [3.63, 3.8) is 0 Å². The Hall–Kier alpha value is -8.88. The van der Waals surface area contributed by atoms with E-state index in [1.165, 1.54) is 6.07 Å². The minimum Gasteiger partial charge on any atom is -0.508 e. The number of nitrogens with two attached hydrogens (primary N) is 2. The van der Waals surface area contributed by atoms with E-state index < -0.39 is 131 Å². The van der Waals surface area contributed by atoms with E-state index in [2.05, 4.69) is 31.9 Å². The monoisotopic (exact) mass is 1130 g/mol. The molecule has 0 bridgehead atoms. The molecule has 0 aliphatic rings. The molecule has 27 heteroatoms. The zero-order valence-electron chi connectivity index (χ0n) is 41.7. The van der Waals surface area contributed by atoms with Crippen LogP contribution in [-0.4, -0.2) is 117 Å². The highest BCUT2D eigenvalue weighted by Gasteiger charge is 2.39. The number of halogens is 2. The van der Waals surface area contributed by atoms with Gasteiger partial charge >= 0.3 is 5.97 Å². The van der Waals surface area contributed by atoms with Gasteiger partial charge in [-0.25, -0.2) is 4.79 Å². The second-order valence-electron chi connectivity index (χ2n) is 18.4. The summed E-state index contributed by atoms with van der Waals surface area (Å²) in [5, 5.41) is 107. The predicted octanol–water partition coefficient (Wildman–Crippen LogP) is 1.35. The van der Waals surface area contributed by atoms with Crippen molar-refractivity contribution in [2.75, 3.05) is 0 Å². The second kappa shape index (κ2) is 26.9. The SMILES string of the molecule is CC(C)CC(N)C(=O)NC(C(=O)NC(CC(N)=O)C(=O)NC(C(=O)NC(C(=O)NC(C(=O)NC(C(=O)O)c1cc(O)cc(O)c1)C(O)c1ccc(O)c(Cl)c1)c1ccc(O)cc1)c1ccc(O)cc1)C(O)c1ccc(O)c(Cl)c1. The van der Waals surface area contributed by atoms with Crippen molar-refractivity contribution in [1.82, 2.24) is 31.9 Å². The Labute approximate surface area is 459 Å². The average molecular weight is 1140 g/mol. The Balaban J connectivity index is 1.53. The number of amides is 7. The lowest BCUT2D eigenvalue weighted by Crippen LogP contribution is -2.59. The summed E-state index contributed by atoms with van der Waals surface area (Å²) in [7, 11) is 0. The molecule has 79 heavy (non-hydrogen) atoms. The minimum atomic E-state index is -2.23. The normalized spacial score (nSPS) is 14.6. The fourth-order valence-electron chi connectivity index (χ4n) is 7.87. The molecule has 0 saturated carbocycles. The molecule has 5 aromatic rings. The highest BCUT2D eigenvalue weighted by atomic mass is 35.5. The van der Waals surface area contributed by atoms with E-state index in [1.807, 2.05) is 0 Å². The number of carboxylic acid groups (broad SMARTS) is 1. The molecule has 420 valence electrons. The van der Waals surface area contributed by atoms with Crippen LogP contribution in [-0.2, 0) is 38.4 Å². The number of carbonyl (C=O) groups is 8. The third kappa shape index (κ3) is 16.6. The maximum atomic E-state index is 14.7. The first-order valence-electron chi connectivity index (χ1n) is 23.7. The van der Waals surface area contributed by atoms with Gasteiger partial charge in [-0.1, -0.05) is 73.4 Å². The number of phenols is 6. The standard InChI is InChI=1S/C52H56Cl2N8O17/c1-22(2)15-34(55)46(72)61-42(44(70)25-7-13-36(67)32(53)18-25)50(76)57-35(21-38(56)69)47(73)58-39(23-3-9-28(63)10-4-23)48(74)59-40(24-5-11-29(64)12-6-24)49(75)62-43(45(71)26-8-14-37(68)33(54)19-26)51(77)60-41(52(78)79)27-16-30(65)20-31(66)17-27/h3-14,16-20,22,34-35,39-45,63-68,70-71H,15,21,55H2,1-2H3,(H2,56,69)(H,57,76)(H,58,73)(H,59,74)(H,60,77)(H,61,72)(H,62,75)(H,78,79). The first kappa shape index (κ1) is 61.0. The lowest BCUT2D eigenvalue weighted by Gasteiger charge is -2.30. The van der Waals surface area contributed by atoms with Crippen LogP contribution in [0.3, 0.4) is 0 Å². The summed E-state index contributed by atoms with van der Waals surface area (Å²) in [6.45, 7) is 3.53. The van der Waals surface area contributed by atoms with Crippen molar-refractivity contribution >= 4 is 70.5 Å². The summed E-state index contributed by atoms with van der Waals surface area (Å²) in [5.74, 6) is -13.4. The van der Waals surface area contributed by atoms with Gasteiger partial charge in [0.25, 0.3) is 0 Å². The fourth-order valence-corrected chi connectivity index (χ4v) is 8.24. The van der Waals surface area contributed by atoms with E-state index in [0.29, 0.717) is 0 Å². The molecule has 9 atom stereocenters.